The molecule has 2 unspecified atom stereocenters. The second-order valence-corrected chi connectivity index (χ2v) is 3.55. The summed E-state index contributed by atoms with van der Waals surface area (Å²) in [4.78, 5) is 10.6. The van der Waals surface area contributed by atoms with Crippen LogP contribution >= 0.6 is 11.6 Å². The Morgan fingerprint density at radius 1 is 1.79 bits per heavy atom. The molecule has 1 heterocycles. The van der Waals surface area contributed by atoms with Crippen molar-refractivity contribution >= 4 is 17.6 Å². The van der Waals surface area contributed by atoms with Crippen LogP contribution in [0.3, 0.4) is 0 Å². The highest BCUT2D eigenvalue weighted by Gasteiger charge is 2.22. The lowest BCUT2D eigenvalue weighted by molar-refractivity contribution is -0.139. The molecule has 0 spiro atoms. The van der Waals surface area contributed by atoms with E-state index in [1.807, 2.05) is 0 Å². The molecule has 6 heteroatoms. The van der Waals surface area contributed by atoms with Crippen LogP contribution in [0.15, 0.2) is 6.20 Å². The van der Waals surface area contributed by atoms with Gasteiger partial charge < -0.3 is 10.8 Å². The Morgan fingerprint density at radius 2 is 2.36 bits per heavy atom. The molecule has 0 aliphatic carbocycles. The summed E-state index contributed by atoms with van der Waals surface area (Å²) in [7, 11) is 0. The number of halogens is 1. The molecule has 0 aromatic carbocycles. The Hall–Kier alpha value is -1.07. The summed E-state index contributed by atoms with van der Waals surface area (Å²) in [6, 6.07) is -1.40. The lowest BCUT2D eigenvalue weighted by Crippen LogP contribution is -2.38. The molecule has 0 fully saturated rings. The third-order valence-electron chi connectivity index (χ3n) is 2.08. The van der Waals surface area contributed by atoms with Crippen molar-refractivity contribution in [3.63, 3.8) is 0 Å². The maximum absolute atomic E-state index is 10.6. The van der Waals surface area contributed by atoms with E-state index in [1.54, 1.807) is 20.0 Å². The third-order valence-corrected chi connectivity index (χ3v) is 2.45. The van der Waals surface area contributed by atoms with Crippen LogP contribution in [0.4, 0.5) is 0 Å². The van der Waals surface area contributed by atoms with Crippen LogP contribution in [0, 0.1) is 6.92 Å². The van der Waals surface area contributed by atoms with E-state index < -0.39 is 18.1 Å². The number of hydrogen-bond donors (Lipinski definition) is 2. The summed E-state index contributed by atoms with van der Waals surface area (Å²) in [6.07, 6.45) is 1.57. The van der Waals surface area contributed by atoms with Gasteiger partial charge in [0.15, 0.2) is 0 Å². The van der Waals surface area contributed by atoms with E-state index in [4.69, 9.17) is 22.4 Å². The van der Waals surface area contributed by atoms with E-state index in [0.717, 1.165) is 0 Å². The first-order valence-corrected chi connectivity index (χ1v) is 4.51. The Labute approximate surface area is 86.5 Å². The van der Waals surface area contributed by atoms with Gasteiger partial charge in [0.05, 0.1) is 16.8 Å². The number of aromatic nitrogens is 2. The zero-order chi connectivity index (χ0) is 10.9. The molecule has 78 valence electrons. The van der Waals surface area contributed by atoms with Gasteiger partial charge in [0.25, 0.3) is 0 Å². The maximum Gasteiger partial charge on any atom is 0.322 e. The van der Waals surface area contributed by atoms with Crippen LogP contribution in [-0.2, 0) is 4.79 Å². The van der Waals surface area contributed by atoms with E-state index in [0.29, 0.717) is 10.7 Å². The maximum atomic E-state index is 10.6. The lowest BCUT2D eigenvalue weighted by Gasteiger charge is -2.15. The fourth-order valence-corrected chi connectivity index (χ4v) is 1.18. The largest absolute Gasteiger partial charge is 0.480 e. The minimum Gasteiger partial charge on any atom is -0.480 e. The summed E-state index contributed by atoms with van der Waals surface area (Å²) in [5, 5.41) is 13.3. The van der Waals surface area contributed by atoms with E-state index in [1.165, 1.54) is 4.68 Å². The van der Waals surface area contributed by atoms with Gasteiger partial charge in [0, 0.05) is 6.20 Å². The summed E-state index contributed by atoms with van der Waals surface area (Å²) >= 11 is 5.79. The van der Waals surface area contributed by atoms with Crippen LogP contribution in [0.1, 0.15) is 18.7 Å². The molecule has 0 bridgehead atoms. The number of nitrogens with zero attached hydrogens (tertiary/aromatic N) is 2. The molecule has 1 aromatic heterocycles. The summed E-state index contributed by atoms with van der Waals surface area (Å²) in [5.74, 6) is -1.05. The Balaban J connectivity index is 2.89. The molecule has 0 aliphatic heterocycles. The van der Waals surface area contributed by atoms with Gasteiger partial charge in [0.2, 0.25) is 0 Å². The SMILES string of the molecule is Cc1nn(C(C)C(N)C(=O)O)cc1Cl. The fourth-order valence-electron chi connectivity index (χ4n) is 1.04. The molecular weight excluding hydrogens is 206 g/mol. The number of carboxylic acid groups (broad SMARTS) is 1. The second-order valence-electron chi connectivity index (χ2n) is 3.15. The highest BCUT2D eigenvalue weighted by Crippen LogP contribution is 2.17. The first-order valence-electron chi connectivity index (χ1n) is 4.13. The van der Waals surface area contributed by atoms with Crippen molar-refractivity contribution < 1.29 is 9.90 Å². The van der Waals surface area contributed by atoms with Crippen LogP contribution in [-0.4, -0.2) is 26.9 Å². The number of carboxylic acids is 1. The van der Waals surface area contributed by atoms with Crippen molar-refractivity contribution in [2.45, 2.75) is 25.9 Å². The van der Waals surface area contributed by atoms with Crippen molar-refractivity contribution in [2.24, 2.45) is 5.73 Å². The molecule has 0 saturated heterocycles. The van der Waals surface area contributed by atoms with Crippen LogP contribution in [0.25, 0.3) is 0 Å². The molecule has 14 heavy (non-hydrogen) atoms. The fraction of sp³-hybridized carbons (Fsp3) is 0.500. The van der Waals surface area contributed by atoms with Crippen molar-refractivity contribution in [3.05, 3.63) is 16.9 Å². The first kappa shape index (κ1) is 11.0. The highest BCUT2D eigenvalue weighted by molar-refractivity contribution is 6.31. The number of rotatable bonds is 3. The Bertz CT molecular complexity index is 331. The Kier molecular flexibility index (Phi) is 3.13. The molecule has 3 N–H and O–H groups in total. The van der Waals surface area contributed by atoms with Gasteiger partial charge in [0.1, 0.15) is 6.04 Å². The summed E-state index contributed by atoms with van der Waals surface area (Å²) in [6.45, 7) is 3.43. The Morgan fingerprint density at radius 3 is 2.71 bits per heavy atom. The molecule has 0 amide bonds. The van der Waals surface area contributed by atoms with Crippen molar-refractivity contribution in [3.8, 4) is 0 Å². The number of aryl methyl sites for hydroxylation is 1. The zero-order valence-corrected chi connectivity index (χ0v) is 8.69. The highest BCUT2D eigenvalue weighted by atomic mass is 35.5. The van der Waals surface area contributed by atoms with E-state index in [9.17, 15) is 4.79 Å². The predicted molar refractivity (Wildman–Crippen MR) is 52.3 cm³/mol. The minimum absolute atomic E-state index is 0.418. The molecule has 5 nitrogen and oxygen atoms in total. The zero-order valence-electron chi connectivity index (χ0n) is 7.94. The average molecular weight is 218 g/mol. The van der Waals surface area contributed by atoms with Crippen molar-refractivity contribution in [2.75, 3.05) is 0 Å². The van der Waals surface area contributed by atoms with Gasteiger partial charge in [-0.15, -0.1) is 0 Å². The first-order chi connectivity index (χ1) is 6.43. The minimum atomic E-state index is -1.05. The van der Waals surface area contributed by atoms with Gasteiger partial charge in [-0.3, -0.25) is 9.48 Å². The quantitative estimate of drug-likeness (QED) is 0.786. The number of carbonyl (C=O) groups is 1. The van der Waals surface area contributed by atoms with Crippen molar-refractivity contribution in [1.82, 2.24) is 9.78 Å². The van der Waals surface area contributed by atoms with Gasteiger partial charge in [-0.2, -0.15) is 5.10 Å². The van der Waals surface area contributed by atoms with Crippen LogP contribution < -0.4 is 5.73 Å². The van der Waals surface area contributed by atoms with Gasteiger partial charge in [-0.25, -0.2) is 0 Å². The summed E-state index contributed by atoms with van der Waals surface area (Å²) < 4.78 is 1.47. The standard InChI is InChI=1S/C8H12ClN3O2/c1-4-6(9)3-12(11-4)5(2)7(10)8(13)14/h3,5,7H,10H2,1-2H3,(H,13,14). The predicted octanol–water partition coefficient (Wildman–Crippen LogP) is 0.818. The lowest BCUT2D eigenvalue weighted by atomic mass is 10.1. The second kappa shape index (κ2) is 3.98. The molecule has 1 aromatic rings. The van der Waals surface area contributed by atoms with E-state index >= 15 is 0 Å². The molecular formula is C8H12ClN3O2. The van der Waals surface area contributed by atoms with E-state index in [2.05, 4.69) is 5.10 Å². The number of nitrogens with two attached hydrogens (primary N) is 1. The van der Waals surface area contributed by atoms with E-state index in [-0.39, 0.29) is 0 Å². The molecule has 2 atom stereocenters. The van der Waals surface area contributed by atoms with Gasteiger partial charge in [-0.05, 0) is 13.8 Å². The number of aliphatic carboxylic acids is 1. The molecule has 1 rings (SSSR count). The van der Waals surface area contributed by atoms with Gasteiger partial charge >= 0.3 is 5.97 Å². The average Bonchev–Trinajstić information content (AvgIpc) is 2.44. The monoisotopic (exact) mass is 217 g/mol. The topological polar surface area (TPSA) is 81.1 Å². The van der Waals surface area contributed by atoms with Crippen LogP contribution in [0.2, 0.25) is 5.02 Å². The number of hydrogen-bond acceptors (Lipinski definition) is 3. The smallest absolute Gasteiger partial charge is 0.322 e. The molecule has 0 radical (unpaired) electrons. The van der Waals surface area contributed by atoms with Gasteiger partial charge in [-0.1, -0.05) is 11.6 Å². The molecule has 0 saturated carbocycles. The third kappa shape index (κ3) is 2.05. The molecule has 0 aliphatic rings. The normalized spacial score (nSPS) is 15.1. The summed E-state index contributed by atoms with van der Waals surface area (Å²) in [5.41, 5.74) is 6.11. The van der Waals surface area contributed by atoms with Crippen LogP contribution in [0.5, 0.6) is 0 Å². The van der Waals surface area contributed by atoms with Crippen molar-refractivity contribution in [1.29, 1.82) is 0 Å².